The third kappa shape index (κ3) is 2.51. The number of fused-ring (bicyclic) bond motifs is 1. The van der Waals surface area contributed by atoms with Crippen LogP contribution in [-0.4, -0.2) is 35.0 Å². The maximum atomic E-state index is 12.0. The highest BCUT2D eigenvalue weighted by molar-refractivity contribution is 6.03. The van der Waals surface area contributed by atoms with E-state index in [1.165, 1.54) is 0 Å². The molecule has 0 radical (unpaired) electrons. The molecule has 94 valence electrons. The van der Waals surface area contributed by atoms with Gasteiger partial charge in [-0.1, -0.05) is 6.08 Å². The van der Waals surface area contributed by atoms with Crippen LogP contribution in [0.1, 0.15) is 40.0 Å². The molecular formula is C13H19NO3. The number of hydrogen-bond donors (Lipinski definition) is 0. The van der Waals surface area contributed by atoms with Gasteiger partial charge in [0.1, 0.15) is 5.60 Å². The molecule has 1 aliphatic carbocycles. The number of rotatable bonds is 0. The van der Waals surface area contributed by atoms with Crippen LogP contribution in [0.25, 0.3) is 0 Å². The molecule has 0 saturated carbocycles. The SMILES string of the molecule is CC(C)(C)OC(=O)N1CC(=O)C2=CCCCC21. The summed E-state index contributed by atoms with van der Waals surface area (Å²) in [6.45, 7) is 5.67. The highest BCUT2D eigenvalue weighted by Gasteiger charge is 2.40. The van der Waals surface area contributed by atoms with Crippen molar-refractivity contribution in [2.24, 2.45) is 0 Å². The van der Waals surface area contributed by atoms with E-state index in [9.17, 15) is 9.59 Å². The molecule has 0 bridgehead atoms. The van der Waals surface area contributed by atoms with E-state index in [2.05, 4.69) is 0 Å². The third-order valence-electron chi connectivity index (χ3n) is 3.05. The van der Waals surface area contributed by atoms with Crippen molar-refractivity contribution in [3.8, 4) is 0 Å². The fraction of sp³-hybridized carbons (Fsp3) is 0.692. The molecular weight excluding hydrogens is 218 g/mol. The molecule has 1 amide bonds. The molecule has 2 aliphatic rings. The van der Waals surface area contributed by atoms with Gasteiger partial charge in [0.2, 0.25) is 0 Å². The van der Waals surface area contributed by atoms with Crippen LogP contribution in [0.15, 0.2) is 11.6 Å². The van der Waals surface area contributed by atoms with E-state index in [1.54, 1.807) is 4.90 Å². The number of ether oxygens (including phenoxy) is 1. The summed E-state index contributed by atoms with van der Waals surface area (Å²) in [4.78, 5) is 25.3. The van der Waals surface area contributed by atoms with E-state index in [0.717, 1.165) is 24.8 Å². The van der Waals surface area contributed by atoms with Gasteiger partial charge in [0.05, 0.1) is 12.6 Å². The van der Waals surface area contributed by atoms with Gasteiger partial charge in [0.15, 0.2) is 5.78 Å². The first-order valence-electron chi connectivity index (χ1n) is 6.11. The summed E-state index contributed by atoms with van der Waals surface area (Å²) in [7, 11) is 0. The number of likely N-dealkylation sites (tertiary alicyclic amines) is 1. The van der Waals surface area contributed by atoms with Crippen molar-refractivity contribution in [2.45, 2.75) is 51.7 Å². The number of carbonyl (C=O) groups is 2. The molecule has 2 rings (SSSR count). The molecule has 4 heteroatoms. The van der Waals surface area contributed by atoms with E-state index in [-0.39, 0.29) is 24.5 Å². The predicted molar refractivity (Wildman–Crippen MR) is 63.7 cm³/mol. The van der Waals surface area contributed by atoms with Gasteiger partial charge in [-0.2, -0.15) is 0 Å². The van der Waals surface area contributed by atoms with Crippen LogP contribution in [-0.2, 0) is 9.53 Å². The number of ketones is 1. The van der Waals surface area contributed by atoms with Gasteiger partial charge in [-0.25, -0.2) is 4.79 Å². The maximum Gasteiger partial charge on any atom is 0.411 e. The van der Waals surface area contributed by atoms with Crippen LogP contribution >= 0.6 is 0 Å². The molecule has 0 aromatic rings. The molecule has 1 aliphatic heterocycles. The first-order chi connectivity index (χ1) is 7.88. The molecule has 1 unspecified atom stereocenters. The number of carbonyl (C=O) groups excluding carboxylic acids is 2. The first-order valence-corrected chi connectivity index (χ1v) is 6.11. The lowest BCUT2D eigenvalue weighted by Gasteiger charge is -2.29. The Morgan fingerprint density at radius 3 is 2.82 bits per heavy atom. The minimum Gasteiger partial charge on any atom is -0.444 e. The van der Waals surface area contributed by atoms with Gasteiger partial charge in [-0.3, -0.25) is 9.69 Å². The Morgan fingerprint density at radius 1 is 1.47 bits per heavy atom. The molecule has 0 spiro atoms. The Hall–Kier alpha value is -1.32. The topological polar surface area (TPSA) is 46.6 Å². The predicted octanol–water partition coefficient (Wildman–Crippen LogP) is 2.29. The summed E-state index contributed by atoms with van der Waals surface area (Å²) in [5.74, 6) is 0.0700. The lowest BCUT2D eigenvalue weighted by Crippen LogP contribution is -2.40. The number of allylic oxidation sites excluding steroid dienone is 1. The Bertz CT molecular complexity index is 379. The minimum atomic E-state index is -0.513. The van der Waals surface area contributed by atoms with Crippen molar-refractivity contribution in [2.75, 3.05) is 6.54 Å². The zero-order chi connectivity index (χ0) is 12.6. The van der Waals surface area contributed by atoms with Crippen LogP contribution in [0.3, 0.4) is 0 Å². The van der Waals surface area contributed by atoms with E-state index in [4.69, 9.17) is 4.74 Å². The van der Waals surface area contributed by atoms with Crippen LogP contribution in [0.4, 0.5) is 4.79 Å². The lowest BCUT2D eigenvalue weighted by molar-refractivity contribution is -0.114. The van der Waals surface area contributed by atoms with Gasteiger partial charge in [0, 0.05) is 5.57 Å². The summed E-state index contributed by atoms with van der Waals surface area (Å²) in [5, 5.41) is 0. The molecule has 4 nitrogen and oxygen atoms in total. The number of hydrogen-bond acceptors (Lipinski definition) is 3. The minimum absolute atomic E-state index is 0.0499. The fourth-order valence-corrected chi connectivity index (χ4v) is 2.35. The lowest BCUT2D eigenvalue weighted by atomic mass is 9.94. The first kappa shape index (κ1) is 12.1. The van der Waals surface area contributed by atoms with Gasteiger partial charge < -0.3 is 4.74 Å². The molecule has 1 saturated heterocycles. The standard InChI is InChI=1S/C13H19NO3/c1-13(2,3)17-12(16)14-8-11(15)9-6-4-5-7-10(9)14/h6,10H,4-5,7-8H2,1-3H3. The molecule has 1 atom stereocenters. The average Bonchev–Trinajstić information content (AvgIpc) is 2.55. The van der Waals surface area contributed by atoms with Crippen molar-refractivity contribution in [1.29, 1.82) is 0 Å². The molecule has 0 aromatic carbocycles. The number of amides is 1. The summed E-state index contributed by atoms with van der Waals surface area (Å²) >= 11 is 0. The van der Waals surface area contributed by atoms with E-state index < -0.39 is 5.60 Å². The highest BCUT2D eigenvalue weighted by atomic mass is 16.6. The Kier molecular flexibility index (Phi) is 2.98. The van der Waals surface area contributed by atoms with Crippen molar-refractivity contribution in [3.63, 3.8) is 0 Å². The van der Waals surface area contributed by atoms with Gasteiger partial charge in [-0.15, -0.1) is 0 Å². The Labute approximate surface area is 102 Å². The number of nitrogens with zero attached hydrogens (tertiary/aromatic N) is 1. The van der Waals surface area contributed by atoms with Gasteiger partial charge >= 0.3 is 6.09 Å². The Morgan fingerprint density at radius 2 is 2.18 bits per heavy atom. The van der Waals surface area contributed by atoms with Crippen molar-refractivity contribution >= 4 is 11.9 Å². The molecule has 0 aromatic heterocycles. The largest absolute Gasteiger partial charge is 0.444 e. The van der Waals surface area contributed by atoms with Gasteiger partial charge in [0.25, 0.3) is 0 Å². The third-order valence-corrected chi connectivity index (χ3v) is 3.05. The molecule has 17 heavy (non-hydrogen) atoms. The van der Waals surface area contributed by atoms with Crippen molar-refractivity contribution in [3.05, 3.63) is 11.6 Å². The maximum absolute atomic E-state index is 12.0. The van der Waals surface area contributed by atoms with Gasteiger partial charge in [-0.05, 0) is 40.0 Å². The fourth-order valence-electron chi connectivity index (χ4n) is 2.35. The zero-order valence-corrected chi connectivity index (χ0v) is 10.7. The molecule has 1 heterocycles. The van der Waals surface area contributed by atoms with E-state index in [1.807, 2.05) is 26.8 Å². The summed E-state index contributed by atoms with van der Waals surface area (Å²) < 4.78 is 5.33. The second kappa shape index (κ2) is 4.17. The summed E-state index contributed by atoms with van der Waals surface area (Å²) in [6.07, 6.45) is 4.44. The molecule has 0 N–H and O–H groups in total. The van der Waals surface area contributed by atoms with Crippen molar-refractivity contribution in [1.82, 2.24) is 4.90 Å². The second-order valence-corrected chi connectivity index (χ2v) is 5.64. The number of Topliss-reactive ketones (excluding diaryl/α,β-unsaturated/α-hetero) is 1. The van der Waals surface area contributed by atoms with E-state index >= 15 is 0 Å². The smallest absolute Gasteiger partial charge is 0.411 e. The van der Waals surface area contributed by atoms with Crippen LogP contribution < -0.4 is 0 Å². The summed E-state index contributed by atoms with van der Waals surface area (Å²) in [6, 6.07) is -0.0499. The second-order valence-electron chi connectivity index (χ2n) is 5.64. The summed E-state index contributed by atoms with van der Waals surface area (Å²) in [5.41, 5.74) is 0.295. The normalized spacial score (nSPS) is 24.4. The quantitative estimate of drug-likeness (QED) is 0.649. The Balaban J connectivity index is 2.13. The highest BCUT2D eigenvalue weighted by Crippen LogP contribution is 2.30. The van der Waals surface area contributed by atoms with Crippen LogP contribution in [0.2, 0.25) is 0 Å². The monoisotopic (exact) mass is 237 g/mol. The zero-order valence-electron chi connectivity index (χ0n) is 10.7. The van der Waals surface area contributed by atoms with E-state index in [0.29, 0.717) is 0 Å². The van der Waals surface area contributed by atoms with Crippen LogP contribution in [0, 0.1) is 0 Å². The van der Waals surface area contributed by atoms with Crippen LogP contribution in [0.5, 0.6) is 0 Å². The average molecular weight is 237 g/mol. The van der Waals surface area contributed by atoms with Crippen molar-refractivity contribution < 1.29 is 14.3 Å². The molecule has 1 fully saturated rings.